The lowest BCUT2D eigenvalue weighted by molar-refractivity contribution is 0.0311. The van der Waals surface area contributed by atoms with Crippen LogP contribution >= 0.6 is 22.6 Å². The van der Waals surface area contributed by atoms with Crippen molar-refractivity contribution in [2.45, 2.75) is 46.3 Å². The summed E-state index contributed by atoms with van der Waals surface area (Å²) in [4.78, 5) is 2.58. The first-order chi connectivity index (χ1) is 13.7. The fraction of sp³-hybridized carbons (Fsp3) is 0.500. The normalized spacial score (nSPS) is 19.8. The SMILES string of the molecule is CC.CCO[C@H](C)[C@@H]1CN(Cc2ccccc2)C[C@H]1c1ccccc1.[B]CI. The maximum Gasteiger partial charge on any atom is 0.0795 e. The van der Waals surface area contributed by atoms with E-state index in [4.69, 9.17) is 12.6 Å². The van der Waals surface area contributed by atoms with Gasteiger partial charge in [0.1, 0.15) is 0 Å². The third-order valence-corrected chi connectivity index (χ3v) is 4.95. The second-order valence-corrected chi connectivity index (χ2v) is 7.56. The van der Waals surface area contributed by atoms with E-state index in [1.54, 1.807) is 0 Å². The number of hydrogen-bond acceptors (Lipinski definition) is 2. The van der Waals surface area contributed by atoms with Gasteiger partial charge in [-0.05, 0) is 29.3 Å². The molecule has 1 heterocycles. The molecule has 0 aliphatic carbocycles. The highest BCUT2D eigenvalue weighted by atomic mass is 127. The lowest BCUT2D eigenvalue weighted by Crippen LogP contribution is -2.27. The molecule has 2 radical (unpaired) electrons. The van der Waals surface area contributed by atoms with E-state index in [-0.39, 0.29) is 0 Å². The number of benzene rings is 2. The van der Waals surface area contributed by atoms with Crippen molar-refractivity contribution in [3.8, 4) is 0 Å². The summed E-state index contributed by atoms with van der Waals surface area (Å²) >= 11 is 2.07. The molecule has 28 heavy (non-hydrogen) atoms. The van der Waals surface area contributed by atoms with E-state index in [0.29, 0.717) is 17.9 Å². The van der Waals surface area contributed by atoms with Crippen LogP contribution in [0, 0.1) is 5.92 Å². The molecule has 2 nitrogen and oxygen atoms in total. The molecule has 1 aliphatic heterocycles. The van der Waals surface area contributed by atoms with E-state index in [2.05, 4.69) is 102 Å². The lowest BCUT2D eigenvalue weighted by Gasteiger charge is -2.25. The lowest BCUT2D eigenvalue weighted by atomic mass is 9.86. The summed E-state index contributed by atoms with van der Waals surface area (Å²) in [7, 11) is 4.83. The quantitative estimate of drug-likeness (QED) is 0.284. The van der Waals surface area contributed by atoms with Crippen molar-refractivity contribution >= 4 is 30.4 Å². The van der Waals surface area contributed by atoms with Crippen molar-refractivity contribution in [3.05, 3.63) is 71.8 Å². The first-order valence-electron chi connectivity index (χ1n) is 10.4. The summed E-state index contributed by atoms with van der Waals surface area (Å²) in [5.74, 6) is 1.11. The van der Waals surface area contributed by atoms with Crippen LogP contribution in [0.15, 0.2) is 60.7 Å². The Hall–Kier alpha value is -0.845. The minimum atomic E-state index is 0.297. The van der Waals surface area contributed by atoms with Crippen LogP contribution in [-0.4, -0.2) is 42.9 Å². The van der Waals surface area contributed by atoms with Gasteiger partial charge in [0.15, 0.2) is 0 Å². The number of hydrogen-bond donors (Lipinski definition) is 0. The minimum Gasteiger partial charge on any atom is -0.378 e. The molecule has 1 aliphatic rings. The topological polar surface area (TPSA) is 12.5 Å². The number of likely N-dealkylation sites (tertiary alicyclic amines) is 1. The molecule has 4 heteroatoms. The van der Waals surface area contributed by atoms with Gasteiger partial charge in [0.2, 0.25) is 0 Å². The maximum atomic E-state index is 5.95. The van der Waals surface area contributed by atoms with Crippen molar-refractivity contribution in [1.29, 1.82) is 0 Å². The Morgan fingerprint density at radius 1 is 1.04 bits per heavy atom. The van der Waals surface area contributed by atoms with Crippen LogP contribution in [-0.2, 0) is 11.3 Å². The van der Waals surface area contributed by atoms with Gasteiger partial charge in [-0.25, -0.2) is 0 Å². The van der Waals surface area contributed by atoms with Gasteiger partial charge in [-0.3, -0.25) is 4.90 Å². The molecular weight excluding hydrogens is 456 g/mol. The molecule has 0 unspecified atom stereocenters. The second kappa shape index (κ2) is 15.1. The second-order valence-electron chi connectivity index (χ2n) is 6.68. The summed E-state index contributed by atoms with van der Waals surface area (Å²) in [6.07, 6.45) is 0.297. The van der Waals surface area contributed by atoms with Gasteiger partial charge >= 0.3 is 0 Å². The first kappa shape index (κ1) is 25.2. The standard InChI is InChI=1S/C21H27NO.C2H6.CH2BI/c1-3-23-17(2)20-15-22(14-18-10-6-4-7-11-18)16-21(20)19-12-8-5-9-13-19;1-2;2-1-3/h4-13,17,20-21H,3,14-16H2,1-2H3;1-2H3;1H2/t17-,20+,21+;;/m1../s1. The highest BCUT2D eigenvalue weighted by molar-refractivity contribution is 14.1. The van der Waals surface area contributed by atoms with Gasteiger partial charge in [0.05, 0.1) is 14.0 Å². The molecule has 0 bridgehead atoms. The molecule has 3 atom stereocenters. The molecule has 0 amide bonds. The highest BCUT2D eigenvalue weighted by Gasteiger charge is 2.37. The number of nitrogens with zero attached hydrogens (tertiary/aromatic N) is 1. The van der Waals surface area contributed by atoms with E-state index >= 15 is 0 Å². The van der Waals surface area contributed by atoms with Gasteiger partial charge in [-0.2, -0.15) is 0 Å². The van der Waals surface area contributed by atoms with Crippen LogP contribution in [0.25, 0.3) is 0 Å². The van der Waals surface area contributed by atoms with Crippen LogP contribution in [0.3, 0.4) is 0 Å². The van der Waals surface area contributed by atoms with Crippen molar-refractivity contribution in [2.24, 2.45) is 5.92 Å². The molecule has 0 aromatic heterocycles. The third-order valence-electron chi connectivity index (χ3n) is 4.95. The molecule has 0 N–H and O–H groups in total. The zero-order valence-electron chi connectivity index (χ0n) is 17.9. The number of alkyl halides is 1. The summed E-state index contributed by atoms with van der Waals surface area (Å²) in [5, 5.41) is 0. The number of ether oxygens (including phenoxy) is 1. The molecule has 1 fully saturated rings. The smallest absolute Gasteiger partial charge is 0.0795 e. The largest absolute Gasteiger partial charge is 0.378 e. The van der Waals surface area contributed by atoms with E-state index in [9.17, 15) is 0 Å². The summed E-state index contributed by atoms with van der Waals surface area (Å²) in [6.45, 7) is 12.4. The van der Waals surface area contributed by atoms with Crippen molar-refractivity contribution in [2.75, 3.05) is 24.0 Å². The monoisotopic (exact) mass is 491 g/mol. The average molecular weight is 491 g/mol. The predicted octanol–water partition coefficient (Wildman–Crippen LogP) is 5.90. The van der Waals surface area contributed by atoms with Crippen molar-refractivity contribution in [1.82, 2.24) is 4.90 Å². The van der Waals surface area contributed by atoms with Crippen molar-refractivity contribution < 1.29 is 4.74 Å². The van der Waals surface area contributed by atoms with Gasteiger partial charge in [-0.1, -0.05) is 97.1 Å². The van der Waals surface area contributed by atoms with Crippen LogP contribution in [0.1, 0.15) is 44.7 Å². The van der Waals surface area contributed by atoms with Gasteiger partial charge in [0, 0.05) is 38.1 Å². The van der Waals surface area contributed by atoms with Crippen molar-refractivity contribution in [3.63, 3.8) is 0 Å². The molecular formula is C24H35BINO. The fourth-order valence-electron chi connectivity index (χ4n) is 3.80. The zero-order valence-corrected chi connectivity index (χ0v) is 20.0. The highest BCUT2D eigenvalue weighted by Crippen LogP contribution is 2.36. The number of halogens is 1. The number of rotatable bonds is 6. The Morgan fingerprint density at radius 2 is 1.57 bits per heavy atom. The van der Waals surface area contributed by atoms with Gasteiger partial charge in [-0.15, -0.1) is 0 Å². The van der Waals surface area contributed by atoms with Gasteiger partial charge < -0.3 is 4.74 Å². The van der Waals surface area contributed by atoms with Crippen LogP contribution in [0.4, 0.5) is 0 Å². The first-order valence-corrected chi connectivity index (χ1v) is 11.9. The molecule has 3 rings (SSSR count). The Labute approximate surface area is 187 Å². The Kier molecular flexibility index (Phi) is 13.5. The zero-order chi connectivity index (χ0) is 20.8. The van der Waals surface area contributed by atoms with E-state index in [0.717, 1.165) is 30.6 Å². The molecule has 0 spiro atoms. The maximum absolute atomic E-state index is 5.95. The summed E-state index contributed by atoms with van der Waals surface area (Å²) in [5.41, 5.74) is 2.84. The van der Waals surface area contributed by atoms with Gasteiger partial charge in [0.25, 0.3) is 0 Å². The van der Waals surface area contributed by atoms with E-state index < -0.39 is 0 Å². The summed E-state index contributed by atoms with van der Waals surface area (Å²) < 4.78 is 6.67. The van der Waals surface area contributed by atoms with E-state index in [1.165, 1.54) is 11.1 Å². The van der Waals surface area contributed by atoms with Crippen LogP contribution in [0.5, 0.6) is 0 Å². The van der Waals surface area contributed by atoms with Crippen LogP contribution < -0.4 is 0 Å². The Balaban J connectivity index is 0.000000717. The molecule has 1 saturated heterocycles. The van der Waals surface area contributed by atoms with Crippen LogP contribution in [0.2, 0.25) is 0 Å². The Morgan fingerprint density at radius 3 is 2.11 bits per heavy atom. The molecule has 2 aromatic rings. The molecule has 2 aromatic carbocycles. The Bertz CT molecular complexity index is 611. The predicted molar refractivity (Wildman–Crippen MR) is 131 cm³/mol. The fourth-order valence-corrected chi connectivity index (χ4v) is 3.80. The molecule has 152 valence electrons. The minimum absolute atomic E-state index is 0.297. The van der Waals surface area contributed by atoms with E-state index in [1.807, 2.05) is 13.8 Å². The molecule has 0 saturated carbocycles. The third kappa shape index (κ3) is 8.26. The summed E-state index contributed by atoms with van der Waals surface area (Å²) in [6, 6.07) is 21.7. The average Bonchev–Trinajstić information content (AvgIpc) is 3.16.